The smallest absolute Gasteiger partial charge is 0.0109 e. The van der Waals surface area contributed by atoms with Gasteiger partial charge in [0.05, 0.1) is 0 Å². The van der Waals surface area contributed by atoms with Crippen molar-refractivity contribution < 1.29 is 0 Å². The summed E-state index contributed by atoms with van der Waals surface area (Å²) in [4.78, 5) is 4.97. The van der Waals surface area contributed by atoms with Crippen LogP contribution < -0.4 is 0 Å². The summed E-state index contributed by atoms with van der Waals surface area (Å²) in [5.41, 5.74) is 0. The van der Waals surface area contributed by atoms with Gasteiger partial charge in [-0.05, 0) is 19.5 Å². The molecule has 0 radical (unpaired) electrons. The van der Waals surface area contributed by atoms with Crippen molar-refractivity contribution in [2.75, 3.05) is 39.8 Å². The van der Waals surface area contributed by atoms with Gasteiger partial charge < -0.3 is 9.80 Å². The van der Waals surface area contributed by atoms with Gasteiger partial charge in [-0.2, -0.15) is 0 Å². The molecule has 0 aromatic heterocycles. The van der Waals surface area contributed by atoms with Crippen molar-refractivity contribution in [1.29, 1.82) is 0 Å². The zero-order valence-corrected chi connectivity index (χ0v) is 8.01. The molecule has 0 N–H and O–H groups in total. The van der Waals surface area contributed by atoms with Crippen molar-refractivity contribution in [2.45, 2.75) is 13.8 Å². The van der Waals surface area contributed by atoms with Crippen molar-refractivity contribution in [3.63, 3.8) is 0 Å². The quantitative estimate of drug-likeness (QED) is 0.556. The van der Waals surface area contributed by atoms with E-state index in [1.807, 2.05) is 0 Å². The maximum Gasteiger partial charge on any atom is 0.0109 e. The fourth-order valence-electron chi connectivity index (χ4n) is 1.81. The summed E-state index contributed by atoms with van der Waals surface area (Å²) in [5.74, 6) is 0.836. The van der Waals surface area contributed by atoms with E-state index in [0.29, 0.717) is 0 Å². The Morgan fingerprint density at radius 2 is 2.00 bits per heavy atom. The Morgan fingerprint density at radius 3 is 2.64 bits per heavy atom. The van der Waals surface area contributed by atoms with Crippen LogP contribution in [0.1, 0.15) is 13.8 Å². The summed E-state index contributed by atoms with van der Waals surface area (Å²) in [6, 6.07) is 0. The van der Waals surface area contributed by atoms with Crippen LogP contribution in [0.3, 0.4) is 0 Å². The summed E-state index contributed by atoms with van der Waals surface area (Å²) >= 11 is 0. The molecule has 1 aliphatic rings. The highest BCUT2D eigenvalue weighted by molar-refractivity contribution is 4.70. The second kappa shape index (κ2) is 4.07. The van der Waals surface area contributed by atoms with Gasteiger partial charge in [0.1, 0.15) is 0 Å². The SMILES string of the molecule is CCN1CCN(C)CC(C)C1. The lowest BCUT2D eigenvalue weighted by atomic mass is 10.2. The fraction of sp³-hybridized carbons (Fsp3) is 1.00. The minimum Gasteiger partial charge on any atom is -0.305 e. The second-order valence-corrected chi connectivity index (χ2v) is 3.76. The van der Waals surface area contributed by atoms with Gasteiger partial charge in [-0.1, -0.05) is 13.8 Å². The van der Waals surface area contributed by atoms with E-state index in [1.54, 1.807) is 0 Å². The molecule has 1 aliphatic heterocycles. The molecule has 1 unspecified atom stereocenters. The zero-order chi connectivity index (χ0) is 8.27. The van der Waals surface area contributed by atoms with Crippen LogP contribution in [-0.4, -0.2) is 49.6 Å². The lowest BCUT2D eigenvalue weighted by molar-refractivity contribution is 0.277. The van der Waals surface area contributed by atoms with Crippen LogP contribution in [0.2, 0.25) is 0 Å². The van der Waals surface area contributed by atoms with Crippen LogP contribution in [0.25, 0.3) is 0 Å². The summed E-state index contributed by atoms with van der Waals surface area (Å²) < 4.78 is 0. The van der Waals surface area contributed by atoms with Gasteiger partial charge in [0.15, 0.2) is 0 Å². The van der Waals surface area contributed by atoms with Gasteiger partial charge >= 0.3 is 0 Å². The Balaban J connectivity index is 2.39. The number of nitrogens with zero attached hydrogens (tertiary/aromatic N) is 2. The molecule has 0 aromatic rings. The van der Waals surface area contributed by atoms with E-state index in [2.05, 4.69) is 30.7 Å². The maximum absolute atomic E-state index is 2.54. The summed E-state index contributed by atoms with van der Waals surface area (Å²) in [6.07, 6.45) is 0. The first-order chi connectivity index (χ1) is 5.22. The molecule has 0 aliphatic carbocycles. The van der Waals surface area contributed by atoms with Crippen LogP contribution in [0, 0.1) is 5.92 Å². The standard InChI is InChI=1S/C9H20N2/c1-4-11-6-5-10(3)7-9(2)8-11/h9H,4-8H2,1-3H3. The van der Waals surface area contributed by atoms with Gasteiger partial charge in [0.25, 0.3) is 0 Å². The molecule has 0 spiro atoms. The van der Waals surface area contributed by atoms with E-state index in [0.717, 1.165) is 5.92 Å². The maximum atomic E-state index is 2.54. The van der Waals surface area contributed by atoms with Crippen LogP contribution in [0.15, 0.2) is 0 Å². The molecule has 1 atom stereocenters. The minimum atomic E-state index is 0.836. The molecule has 1 heterocycles. The molecule has 2 nitrogen and oxygen atoms in total. The molecule has 0 bridgehead atoms. The Hall–Kier alpha value is -0.0800. The van der Waals surface area contributed by atoms with E-state index in [1.165, 1.54) is 32.7 Å². The molecule has 0 saturated carbocycles. The highest BCUT2D eigenvalue weighted by atomic mass is 15.2. The number of hydrogen-bond acceptors (Lipinski definition) is 2. The minimum absolute atomic E-state index is 0.836. The Bertz CT molecular complexity index is 114. The Labute approximate surface area is 70.2 Å². The summed E-state index contributed by atoms with van der Waals surface area (Å²) in [5, 5.41) is 0. The summed E-state index contributed by atoms with van der Waals surface area (Å²) in [7, 11) is 2.22. The molecule has 2 heteroatoms. The van der Waals surface area contributed by atoms with E-state index >= 15 is 0 Å². The van der Waals surface area contributed by atoms with Crippen molar-refractivity contribution in [2.24, 2.45) is 5.92 Å². The van der Waals surface area contributed by atoms with Gasteiger partial charge in [-0.3, -0.25) is 0 Å². The third-order valence-electron chi connectivity index (χ3n) is 2.44. The topological polar surface area (TPSA) is 6.48 Å². The lowest BCUT2D eigenvalue weighted by Gasteiger charge is -2.18. The average molecular weight is 156 g/mol. The van der Waals surface area contributed by atoms with E-state index < -0.39 is 0 Å². The number of rotatable bonds is 1. The first-order valence-electron chi connectivity index (χ1n) is 4.63. The number of likely N-dealkylation sites (N-methyl/N-ethyl adjacent to an activating group) is 2. The van der Waals surface area contributed by atoms with Gasteiger partial charge in [0, 0.05) is 26.2 Å². The van der Waals surface area contributed by atoms with Crippen molar-refractivity contribution in [1.82, 2.24) is 9.80 Å². The highest BCUT2D eigenvalue weighted by Crippen LogP contribution is 2.06. The Kier molecular flexibility index (Phi) is 3.34. The zero-order valence-electron chi connectivity index (χ0n) is 8.01. The predicted molar refractivity (Wildman–Crippen MR) is 48.8 cm³/mol. The third kappa shape index (κ3) is 2.80. The second-order valence-electron chi connectivity index (χ2n) is 3.76. The molecular formula is C9H20N2. The van der Waals surface area contributed by atoms with Crippen LogP contribution >= 0.6 is 0 Å². The molecule has 1 rings (SSSR count). The fourth-order valence-corrected chi connectivity index (χ4v) is 1.81. The molecule has 0 amide bonds. The van der Waals surface area contributed by atoms with Crippen LogP contribution in [0.4, 0.5) is 0 Å². The van der Waals surface area contributed by atoms with Gasteiger partial charge in [0.2, 0.25) is 0 Å². The van der Waals surface area contributed by atoms with Crippen LogP contribution in [-0.2, 0) is 0 Å². The number of hydrogen-bond donors (Lipinski definition) is 0. The molecule has 1 fully saturated rings. The van der Waals surface area contributed by atoms with Crippen molar-refractivity contribution in [3.8, 4) is 0 Å². The first kappa shape index (κ1) is 9.01. The van der Waals surface area contributed by atoms with Gasteiger partial charge in [-0.25, -0.2) is 0 Å². The lowest BCUT2D eigenvalue weighted by Crippen LogP contribution is -2.29. The molecule has 1 saturated heterocycles. The van der Waals surface area contributed by atoms with Crippen molar-refractivity contribution in [3.05, 3.63) is 0 Å². The van der Waals surface area contributed by atoms with E-state index in [9.17, 15) is 0 Å². The van der Waals surface area contributed by atoms with E-state index in [4.69, 9.17) is 0 Å². The van der Waals surface area contributed by atoms with Crippen LogP contribution in [0.5, 0.6) is 0 Å². The van der Waals surface area contributed by atoms with Gasteiger partial charge in [-0.15, -0.1) is 0 Å². The normalized spacial score (nSPS) is 30.3. The largest absolute Gasteiger partial charge is 0.305 e. The first-order valence-corrected chi connectivity index (χ1v) is 4.63. The molecular weight excluding hydrogens is 136 g/mol. The third-order valence-corrected chi connectivity index (χ3v) is 2.44. The monoisotopic (exact) mass is 156 g/mol. The average Bonchev–Trinajstić information content (AvgIpc) is 2.11. The highest BCUT2D eigenvalue weighted by Gasteiger charge is 2.15. The Morgan fingerprint density at radius 1 is 1.27 bits per heavy atom. The summed E-state index contributed by atoms with van der Waals surface area (Å²) in [6.45, 7) is 10.8. The molecule has 0 aromatic carbocycles. The van der Waals surface area contributed by atoms with Crippen molar-refractivity contribution >= 4 is 0 Å². The van der Waals surface area contributed by atoms with E-state index in [-0.39, 0.29) is 0 Å². The predicted octanol–water partition coefficient (Wildman–Crippen LogP) is 0.890. The molecule has 66 valence electrons. The molecule has 11 heavy (non-hydrogen) atoms.